The molecule has 2 aromatic rings. The van der Waals surface area contributed by atoms with Gasteiger partial charge in [0.1, 0.15) is 11.5 Å². The second-order valence-corrected chi connectivity index (χ2v) is 4.16. The van der Waals surface area contributed by atoms with Gasteiger partial charge in [-0.1, -0.05) is 6.07 Å². The average molecular weight is 228 g/mol. The summed E-state index contributed by atoms with van der Waals surface area (Å²) in [5, 5.41) is 0. The van der Waals surface area contributed by atoms with Gasteiger partial charge in [-0.3, -0.25) is 4.98 Å². The summed E-state index contributed by atoms with van der Waals surface area (Å²) >= 11 is 0. The van der Waals surface area contributed by atoms with Crippen molar-refractivity contribution >= 4 is 0 Å². The van der Waals surface area contributed by atoms with Gasteiger partial charge in [0.05, 0.1) is 6.20 Å². The van der Waals surface area contributed by atoms with Gasteiger partial charge >= 0.3 is 0 Å². The van der Waals surface area contributed by atoms with Crippen LogP contribution in [0.1, 0.15) is 16.7 Å². The summed E-state index contributed by atoms with van der Waals surface area (Å²) in [5.74, 6) is 1.55. The highest BCUT2D eigenvalue weighted by Gasteiger charge is 2.00. The number of nitrogens with zero attached hydrogens (tertiary/aromatic N) is 1. The molecule has 0 unspecified atom stereocenters. The van der Waals surface area contributed by atoms with Gasteiger partial charge in [-0.2, -0.15) is 0 Å². The van der Waals surface area contributed by atoms with Gasteiger partial charge in [0.15, 0.2) is 0 Å². The number of ether oxygens (including phenoxy) is 1. The molecule has 2 N–H and O–H groups in total. The van der Waals surface area contributed by atoms with Crippen LogP contribution in [-0.4, -0.2) is 4.98 Å². The van der Waals surface area contributed by atoms with Crippen LogP contribution in [-0.2, 0) is 6.54 Å². The minimum atomic E-state index is 0.469. The normalized spacial score (nSPS) is 10.3. The lowest BCUT2D eigenvalue weighted by molar-refractivity contribution is 0.478. The zero-order valence-corrected chi connectivity index (χ0v) is 10.1. The molecule has 0 bridgehead atoms. The van der Waals surface area contributed by atoms with E-state index in [9.17, 15) is 0 Å². The highest BCUT2D eigenvalue weighted by Crippen LogP contribution is 2.23. The van der Waals surface area contributed by atoms with Crippen LogP contribution < -0.4 is 10.5 Å². The first kappa shape index (κ1) is 11.6. The lowest BCUT2D eigenvalue weighted by Crippen LogP contribution is -1.97. The third kappa shape index (κ3) is 3.04. The van der Waals surface area contributed by atoms with Crippen LogP contribution in [0, 0.1) is 13.8 Å². The second-order valence-electron chi connectivity index (χ2n) is 4.16. The van der Waals surface area contributed by atoms with Crippen LogP contribution >= 0.6 is 0 Å². The standard InChI is InChI=1S/C14H16N2O/c1-10-3-11(2)5-13(4-10)17-14-6-12(7-15)8-16-9-14/h3-6,8-9H,7,15H2,1-2H3. The minimum absolute atomic E-state index is 0.469. The summed E-state index contributed by atoms with van der Waals surface area (Å²) in [6.45, 7) is 4.57. The molecule has 17 heavy (non-hydrogen) atoms. The van der Waals surface area contributed by atoms with Gasteiger partial charge in [-0.15, -0.1) is 0 Å². The fourth-order valence-electron chi connectivity index (χ4n) is 1.76. The third-order valence-electron chi connectivity index (χ3n) is 2.44. The number of rotatable bonds is 3. The largest absolute Gasteiger partial charge is 0.456 e. The maximum atomic E-state index is 5.76. The highest BCUT2D eigenvalue weighted by molar-refractivity contribution is 5.36. The van der Waals surface area contributed by atoms with Gasteiger partial charge in [-0.25, -0.2) is 0 Å². The molecule has 0 spiro atoms. The number of aromatic nitrogens is 1. The van der Waals surface area contributed by atoms with Crippen LogP contribution in [0.25, 0.3) is 0 Å². The second kappa shape index (κ2) is 4.97. The van der Waals surface area contributed by atoms with E-state index in [0.29, 0.717) is 6.54 Å². The zero-order valence-electron chi connectivity index (χ0n) is 10.1. The highest BCUT2D eigenvalue weighted by atomic mass is 16.5. The predicted octanol–water partition coefficient (Wildman–Crippen LogP) is 2.95. The van der Waals surface area contributed by atoms with Crippen LogP contribution in [0.3, 0.4) is 0 Å². The molecule has 2 rings (SSSR count). The maximum Gasteiger partial charge on any atom is 0.146 e. The monoisotopic (exact) mass is 228 g/mol. The number of pyridine rings is 1. The van der Waals surface area contributed by atoms with E-state index in [1.165, 1.54) is 11.1 Å². The van der Waals surface area contributed by atoms with E-state index in [4.69, 9.17) is 10.5 Å². The first-order valence-corrected chi connectivity index (χ1v) is 5.57. The molecule has 0 radical (unpaired) electrons. The molecule has 0 saturated carbocycles. The van der Waals surface area contributed by atoms with Crippen LogP contribution in [0.2, 0.25) is 0 Å². The van der Waals surface area contributed by atoms with Gasteiger partial charge in [0, 0.05) is 12.7 Å². The number of hydrogen-bond acceptors (Lipinski definition) is 3. The van der Waals surface area contributed by atoms with E-state index in [-0.39, 0.29) is 0 Å². The third-order valence-corrected chi connectivity index (χ3v) is 2.44. The van der Waals surface area contributed by atoms with Gasteiger partial charge in [-0.05, 0) is 48.7 Å². The molecular weight excluding hydrogens is 212 g/mol. The van der Waals surface area contributed by atoms with Gasteiger partial charge < -0.3 is 10.5 Å². The van der Waals surface area contributed by atoms with Crippen molar-refractivity contribution in [2.45, 2.75) is 20.4 Å². The van der Waals surface area contributed by atoms with E-state index in [2.05, 4.69) is 24.9 Å². The molecule has 3 heteroatoms. The van der Waals surface area contributed by atoms with Gasteiger partial charge in [0.2, 0.25) is 0 Å². The van der Waals surface area contributed by atoms with Crippen LogP contribution in [0.15, 0.2) is 36.7 Å². The number of nitrogens with two attached hydrogens (primary N) is 1. The Morgan fingerprint density at radius 3 is 2.35 bits per heavy atom. The first-order valence-electron chi connectivity index (χ1n) is 5.57. The Kier molecular flexibility index (Phi) is 3.40. The smallest absolute Gasteiger partial charge is 0.146 e. The summed E-state index contributed by atoms with van der Waals surface area (Å²) in [4.78, 5) is 4.09. The zero-order chi connectivity index (χ0) is 12.3. The molecule has 0 aliphatic heterocycles. The fraction of sp³-hybridized carbons (Fsp3) is 0.214. The molecule has 0 fully saturated rings. The quantitative estimate of drug-likeness (QED) is 0.878. The SMILES string of the molecule is Cc1cc(C)cc(Oc2cncc(CN)c2)c1. The van der Waals surface area contributed by atoms with E-state index < -0.39 is 0 Å². The van der Waals surface area contributed by atoms with E-state index >= 15 is 0 Å². The molecule has 3 nitrogen and oxygen atoms in total. The summed E-state index contributed by atoms with van der Waals surface area (Å²) in [7, 11) is 0. The van der Waals surface area contributed by atoms with Crippen molar-refractivity contribution in [3.63, 3.8) is 0 Å². The molecule has 0 aliphatic rings. The molecule has 0 amide bonds. The molecule has 0 aliphatic carbocycles. The van der Waals surface area contributed by atoms with E-state index in [1.54, 1.807) is 12.4 Å². The Bertz CT molecular complexity index is 503. The lowest BCUT2D eigenvalue weighted by atomic mass is 10.1. The minimum Gasteiger partial charge on any atom is -0.456 e. The van der Waals surface area contributed by atoms with Crippen LogP contribution in [0.5, 0.6) is 11.5 Å². The first-order chi connectivity index (χ1) is 8.17. The molecule has 0 saturated heterocycles. The molecule has 0 atom stereocenters. The Labute approximate surface area is 101 Å². The summed E-state index contributed by atoms with van der Waals surface area (Å²) in [5.41, 5.74) is 8.90. The predicted molar refractivity (Wildman–Crippen MR) is 68.1 cm³/mol. The summed E-state index contributed by atoms with van der Waals surface area (Å²) in [6.07, 6.45) is 3.44. The average Bonchev–Trinajstić information content (AvgIpc) is 2.28. The molecule has 88 valence electrons. The molecule has 1 aromatic heterocycles. The molecular formula is C14H16N2O. The van der Waals surface area contributed by atoms with Crippen molar-refractivity contribution in [1.29, 1.82) is 0 Å². The van der Waals surface area contributed by atoms with Crippen LogP contribution in [0.4, 0.5) is 0 Å². The van der Waals surface area contributed by atoms with E-state index in [0.717, 1.165) is 17.1 Å². The topological polar surface area (TPSA) is 48.1 Å². The van der Waals surface area contributed by atoms with Crippen molar-refractivity contribution in [2.75, 3.05) is 0 Å². The number of hydrogen-bond donors (Lipinski definition) is 1. The molecule has 1 aromatic carbocycles. The van der Waals surface area contributed by atoms with Crippen molar-refractivity contribution in [3.05, 3.63) is 53.3 Å². The summed E-state index contributed by atoms with van der Waals surface area (Å²) < 4.78 is 5.76. The maximum absolute atomic E-state index is 5.76. The Morgan fingerprint density at radius 1 is 1.00 bits per heavy atom. The van der Waals surface area contributed by atoms with Crippen molar-refractivity contribution in [2.24, 2.45) is 5.73 Å². The lowest BCUT2D eigenvalue weighted by Gasteiger charge is -2.08. The Hall–Kier alpha value is -1.87. The number of aryl methyl sites for hydroxylation is 2. The van der Waals surface area contributed by atoms with E-state index in [1.807, 2.05) is 18.2 Å². The van der Waals surface area contributed by atoms with Crippen molar-refractivity contribution < 1.29 is 4.74 Å². The van der Waals surface area contributed by atoms with Gasteiger partial charge in [0.25, 0.3) is 0 Å². The Morgan fingerprint density at radius 2 is 1.71 bits per heavy atom. The number of benzene rings is 1. The Balaban J connectivity index is 2.24. The fourth-order valence-corrected chi connectivity index (χ4v) is 1.76. The summed E-state index contributed by atoms with van der Waals surface area (Å²) in [6, 6.07) is 8.02. The van der Waals surface area contributed by atoms with Crippen molar-refractivity contribution in [3.8, 4) is 11.5 Å². The van der Waals surface area contributed by atoms with Crippen molar-refractivity contribution in [1.82, 2.24) is 4.98 Å². The molecule has 1 heterocycles.